The lowest BCUT2D eigenvalue weighted by Crippen LogP contribution is -1.93. The Balaban J connectivity index is 1.99. The molecule has 0 aliphatic rings. The van der Waals surface area contributed by atoms with E-state index in [1.807, 2.05) is 18.2 Å². The van der Waals surface area contributed by atoms with Crippen molar-refractivity contribution in [3.8, 4) is 39.8 Å². The van der Waals surface area contributed by atoms with Crippen molar-refractivity contribution in [1.29, 1.82) is 0 Å². The average molecular weight is 332 g/mol. The highest BCUT2D eigenvalue weighted by Crippen LogP contribution is 2.32. The molecule has 0 fully saturated rings. The number of hydrogen-bond donors (Lipinski definition) is 2. The van der Waals surface area contributed by atoms with Gasteiger partial charge in [0, 0.05) is 11.1 Å². The van der Waals surface area contributed by atoms with Gasteiger partial charge >= 0.3 is 0 Å². The lowest BCUT2D eigenvalue weighted by molar-refractivity contribution is 0.350. The zero-order valence-electron chi connectivity index (χ0n) is 13.8. The number of aliphatic hydroxyl groups excluding tert-OH is 1. The van der Waals surface area contributed by atoms with Crippen molar-refractivity contribution in [2.45, 2.75) is 6.92 Å². The van der Waals surface area contributed by atoms with Crippen LogP contribution in [0.25, 0.3) is 22.3 Å². The smallest absolute Gasteiger partial charge is 0.134 e. The maximum absolute atomic E-state index is 14.9. The van der Waals surface area contributed by atoms with E-state index in [2.05, 4.69) is 11.8 Å². The van der Waals surface area contributed by atoms with Crippen LogP contribution in [-0.2, 0) is 0 Å². The van der Waals surface area contributed by atoms with Gasteiger partial charge in [0.15, 0.2) is 0 Å². The molecular formula is C22H17FO2. The first kappa shape index (κ1) is 16.8. The van der Waals surface area contributed by atoms with E-state index >= 15 is 0 Å². The van der Waals surface area contributed by atoms with E-state index in [9.17, 15) is 9.50 Å². The molecule has 0 saturated heterocycles. The van der Waals surface area contributed by atoms with E-state index in [-0.39, 0.29) is 18.2 Å². The molecule has 0 aliphatic carbocycles. The van der Waals surface area contributed by atoms with Crippen molar-refractivity contribution < 1.29 is 14.6 Å². The second-order valence-electron chi connectivity index (χ2n) is 5.68. The summed E-state index contributed by atoms with van der Waals surface area (Å²) in [6.07, 6.45) is 0. The maximum Gasteiger partial charge on any atom is 0.134 e. The van der Waals surface area contributed by atoms with Crippen LogP contribution in [0.4, 0.5) is 4.39 Å². The number of phenolic OH excluding ortho intramolecular Hbond substituents is 1. The van der Waals surface area contributed by atoms with Gasteiger partial charge in [-0.05, 0) is 53.4 Å². The second kappa shape index (κ2) is 7.21. The van der Waals surface area contributed by atoms with E-state index in [4.69, 9.17) is 5.11 Å². The molecule has 0 saturated carbocycles. The van der Waals surface area contributed by atoms with Crippen LogP contribution in [-0.4, -0.2) is 16.8 Å². The zero-order chi connectivity index (χ0) is 17.8. The number of benzene rings is 3. The van der Waals surface area contributed by atoms with Gasteiger partial charge in [-0.1, -0.05) is 48.2 Å². The van der Waals surface area contributed by atoms with Crippen LogP contribution in [0.1, 0.15) is 11.1 Å². The predicted molar refractivity (Wildman–Crippen MR) is 97.6 cm³/mol. The van der Waals surface area contributed by atoms with E-state index < -0.39 is 0 Å². The summed E-state index contributed by atoms with van der Waals surface area (Å²) in [4.78, 5) is 0. The molecule has 3 aromatic rings. The number of rotatable bonds is 2. The fourth-order valence-electron chi connectivity index (χ4n) is 2.74. The minimum atomic E-state index is -0.264. The van der Waals surface area contributed by atoms with Gasteiger partial charge in [-0.2, -0.15) is 0 Å². The molecule has 3 aromatic carbocycles. The van der Waals surface area contributed by atoms with Crippen LogP contribution in [0.3, 0.4) is 0 Å². The normalized spacial score (nSPS) is 10.2. The summed E-state index contributed by atoms with van der Waals surface area (Å²) in [6, 6.07) is 17.6. The lowest BCUT2D eigenvalue weighted by Gasteiger charge is -2.12. The van der Waals surface area contributed by atoms with Gasteiger partial charge in [0.1, 0.15) is 18.2 Å². The Kier molecular flexibility index (Phi) is 4.83. The van der Waals surface area contributed by atoms with Gasteiger partial charge < -0.3 is 10.2 Å². The zero-order valence-corrected chi connectivity index (χ0v) is 13.8. The second-order valence-corrected chi connectivity index (χ2v) is 5.68. The minimum absolute atomic E-state index is 0.183. The Morgan fingerprint density at radius 2 is 1.40 bits per heavy atom. The Hall–Kier alpha value is -3.09. The first-order valence-corrected chi connectivity index (χ1v) is 7.89. The molecule has 2 nitrogen and oxygen atoms in total. The Bertz CT molecular complexity index is 946. The number of aromatic hydroxyl groups is 1. The standard InChI is InChI=1S/C22H17FO2/c1-15-20(17-8-10-19(25)11-9-17)12-13-21(22(15)23)18-6-4-16(5-7-18)3-2-14-24/h4-13,24-25H,14H2,1H3. The molecule has 3 rings (SSSR count). The third-order valence-electron chi connectivity index (χ3n) is 4.07. The van der Waals surface area contributed by atoms with Gasteiger partial charge in [-0.15, -0.1) is 0 Å². The van der Waals surface area contributed by atoms with Crippen molar-refractivity contribution in [1.82, 2.24) is 0 Å². The fourth-order valence-corrected chi connectivity index (χ4v) is 2.74. The van der Waals surface area contributed by atoms with Crippen molar-refractivity contribution in [2.24, 2.45) is 0 Å². The van der Waals surface area contributed by atoms with Gasteiger partial charge in [0.25, 0.3) is 0 Å². The first-order chi connectivity index (χ1) is 12.1. The molecule has 2 N–H and O–H groups in total. The fraction of sp³-hybridized carbons (Fsp3) is 0.0909. The molecule has 124 valence electrons. The topological polar surface area (TPSA) is 40.5 Å². The first-order valence-electron chi connectivity index (χ1n) is 7.89. The molecule has 0 aliphatic heterocycles. The molecule has 0 atom stereocenters. The highest BCUT2D eigenvalue weighted by molar-refractivity contribution is 5.74. The van der Waals surface area contributed by atoms with Crippen molar-refractivity contribution in [2.75, 3.05) is 6.61 Å². The van der Waals surface area contributed by atoms with Crippen molar-refractivity contribution in [3.05, 3.63) is 77.6 Å². The number of aliphatic hydroxyl groups is 1. The third-order valence-corrected chi connectivity index (χ3v) is 4.07. The number of halogens is 1. The van der Waals surface area contributed by atoms with Crippen LogP contribution < -0.4 is 0 Å². The Morgan fingerprint density at radius 3 is 2.04 bits per heavy atom. The third kappa shape index (κ3) is 3.55. The van der Waals surface area contributed by atoms with Crippen LogP contribution >= 0.6 is 0 Å². The summed E-state index contributed by atoms with van der Waals surface area (Å²) in [6.45, 7) is 1.57. The SMILES string of the molecule is Cc1c(-c2ccc(O)cc2)ccc(-c2ccc(C#CCO)cc2)c1F. The molecule has 0 heterocycles. The van der Waals surface area contributed by atoms with Crippen molar-refractivity contribution in [3.63, 3.8) is 0 Å². The molecule has 0 aromatic heterocycles. The molecule has 0 amide bonds. The minimum Gasteiger partial charge on any atom is -0.508 e. The van der Waals surface area contributed by atoms with Gasteiger partial charge in [-0.25, -0.2) is 4.39 Å². The monoisotopic (exact) mass is 332 g/mol. The van der Waals surface area contributed by atoms with E-state index in [1.54, 1.807) is 49.4 Å². The molecule has 0 radical (unpaired) electrons. The quantitative estimate of drug-likeness (QED) is 0.678. The Morgan fingerprint density at radius 1 is 0.840 bits per heavy atom. The van der Waals surface area contributed by atoms with Crippen LogP contribution in [0.2, 0.25) is 0 Å². The molecule has 0 bridgehead atoms. The van der Waals surface area contributed by atoms with E-state index in [1.165, 1.54) is 0 Å². The van der Waals surface area contributed by atoms with Gasteiger partial charge in [-0.3, -0.25) is 0 Å². The molecule has 0 spiro atoms. The molecule has 3 heteroatoms. The Labute approximate surface area is 146 Å². The molecule has 25 heavy (non-hydrogen) atoms. The summed E-state index contributed by atoms with van der Waals surface area (Å²) in [7, 11) is 0. The van der Waals surface area contributed by atoms with Crippen LogP contribution in [0.15, 0.2) is 60.7 Å². The van der Waals surface area contributed by atoms with Crippen LogP contribution in [0, 0.1) is 24.6 Å². The summed E-state index contributed by atoms with van der Waals surface area (Å²) in [5.41, 5.74) is 4.29. The predicted octanol–water partition coefficient (Wildman–Crippen LogP) is 4.52. The number of phenols is 1. The molecular weight excluding hydrogens is 315 g/mol. The van der Waals surface area contributed by atoms with Gasteiger partial charge in [0.2, 0.25) is 0 Å². The highest BCUT2D eigenvalue weighted by atomic mass is 19.1. The largest absolute Gasteiger partial charge is 0.508 e. The average Bonchev–Trinajstić information content (AvgIpc) is 2.64. The lowest BCUT2D eigenvalue weighted by atomic mass is 9.94. The maximum atomic E-state index is 14.9. The highest BCUT2D eigenvalue weighted by Gasteiger charge is 2.12. The van der Waals surface area contributed by atoms with E-state index in [0.29, 0.717) is 11.1 Å². The summed E-state index contributed by atoms with van der Waals surface area (Å²) in [5.74, 6) is 5.33. The number of hydrogen-bond acceptors (Lipinski definition) is 2. The summed E-state index contributed by atoms with van der Waals surface area (Å²) < 4.78 is 14.9. The van der Waals surface area contributed by atoms with Crippen LogP contribution in [0.5, 0.6) is 5.75 Å². The van der Waals surface area contributed by atoms with Crippen molar-refractivity contribution >= 4 is 0 Å². The van der Waals surface area contributed by atoms with E-state index in [0.717, 1.165) is 22.3 Å². The summed E-state index contributed by atoms with van der Waals surface area (Å²) in [5, 5.41) is 18.1. The van der Waals surface area contributed by atoms with Gasteiger partial charge in [0.05, 0.1) is 0 Å². The summed E-state index contributed by atoms with van der Waals surface area (Å²) >= 11 is 0. The molecule has 0 unspecified atom stereocenters.